The molecular formula is C9H13NO4S. The van der Waals surface area contributed by atoms with E-state index in [-0.39, 0.29) is 11.3 Å². The van der Waals surface area contributed by atoms with E-state index < -0.39 is 22.9 Å². The van der Waals surface area contributed by atoms with Crippen LogP contribution in [0.25, 0.3) is 0 Å². The van der Waals surface area contributed by atoms with Gasteiger partial charge in [-0.2, -0.15) is 0 Å². The standard InChI is InChI=1S/C9H13NO4S/c1-9(2)5(8(12)13)10-6(11)4(14-3)7(10)15-9/h4-5,7H,1-3H3,(H,12,13)/t4-,5+,7-/m1/s1. The van der Waals surface area contributed by atoms with Crippen molar-refractivity contribution in [2.75, 3.05) is 7.11 Å². The smallest absolute Gasteiger partial charge is 0.327 e. The molecule has 0 aromatic heterocycles. The van der Waals surface area contributed by atoms with E-state index in [0.29, 0.717) is 0 Å². The van der Waals surface area contributed by atoms with Gasteiger partial charge < -0.3 is 14.7 Å². The van der Waals surface area contributed by atoms with Crippen LogP contribution in [0.2, 0.25) is 0 Å². The van der Waals surface area contributed by atoms with E-state index in [1.54, 1.807) is 0 Å². The molecule has 15 heavy (non-hydrogen) atoms. The Balaban J connectivity index is 2.28. The first kappa shape index (κ1) is 10.8. The number of fused-ring (bicyclic) bond motifs is 1. The summed E-state index contributed by atoms with van der Waals surface area (Å²) >= 11 is 1.49. The number of hydrogen-bond donors (Lipinski definition) is 1. The van der Waals surface area contributed by atoms with Crippen molar-refractivity contribution >= 4 is 23.6 Å². The summed E-state index contributed by atoms with van der Waals surface area (Å²) in [6.07, 6.45) is -0.473. The van der Waals surface area contributed by atoms with Crippen LogP contribution in [-0.4, -0.2) is 51.3 Å². The van der Waals surface area contributed by atoms with E-state index >= 15 is 0 Å². The van der Waals surface area contributed by atoms with Gasteiger partial charge in [-0.1, -0.05) is 0 Å². The van der Waals surface area contributed by atoms with Crippen molar-refractivity contribution in [1.29, 1.82) is 0 Å². The molecule has 0 unspecified atom stereocenters. The number of carbonyl (C=O) groups is 2. The lowest BCUT2D eigenvalue weighted by Gasteiger charge is -2.42. The van der Waals surface area contributed by atoms with Crippen molar-refractivity contribution in [2.24, 2.45) is 0 Å². The molecule has 0 spiro atoms. The monoisotopic (exact) mass is 231 g/mol. The number of methoxy groups -OCH3 is 1. The molecule has 0 bridgehead atoms. The number of carbonyl (C=O) groups excluding carboxylic acids is 1. The predicted octanol–water partition coefficient (Wildman–Crippen LogP) is 0.148. The number of carboxylic acids is 1. The van der Waals surface area contributed by atoms with Crippen molar-refractivity contribution in [3.63, 3.8) is 0 Å². The van der Waals surface area contributed by atoms with Crippen LogP contribution in [0.3, 0.4) is 0 Å². The first-order chi connectivity index (χ1) is 6.90. The van der Waals surface area contributed by atoms with Crippen LogP contribution < -0.4 is 0 Å². The van der Waals surface area contributed by atoms with Crippen LogP contribution in [0.4, 0.5) is 0 Å². The van der Waals surface area contributed by atoms with Gasteiger partial charge in [0.2, 0.25) is 0 Å². The van der Waals surface area contributed by atoms with Crippen LogP contribution in [-0.2, 0) is 14.3 Å². The average Bonchev–Trinajstić information content (AvgIpc) is 2.35. The average molecular weight is 231 g/mol. The molecule has 0 aliphatic carbocycles. The molecule has 0 aromatic rings. The van der Waals surface area contributed by atoms with Crippen LogP contribution in [0.5, 0.6) is 0 Å². The molecule has 0 aromatic carbocycles. The molecule has 1 N–H and O–H groups in total. The SMILES string of the molecule is CO[C@@H]1C(=O)N2[C@@H]1SC(C)(C)[C@@H]2C(=O)O. The highest BCUT2D eigenvalue weighted by Gasteiger charge is 2.64. The van der Waals surface area contributed by atoms with Crippen molar-refractivity contribution in [1.82, 2.24) is 4.90 Å². The largest absolute Gasteiger partial charge is 0.480 e. The number of aliphatic carboxylic acids is 1. The molecule has 84 valence electrons. The van der Waals surface area contributed by atoms with Gasteiger partial charge in [0.05, 0.1) is 0 Å². The number of β-lactam (4-membered cyclic amide) rings is 1. The maximum absolute atomic E-state index is 11.6. The molecule has 6 heteroatoms. The second-order valence-electron chi connectivity index (χ2n) is 4.25. The number of nitrogens with zero attached hydrogens (tertiary/aromatic N) is 1. The van der Waals surface area contributed by atoms with E-state index in [9.17, 15) is 9.59 Å². The molecular weight excluding hydrogens is 218 g/mol. The van der Waals surface area contributed by atoms with E-state index in [1.165, 1.54) is 23.8 Å². The minimum atomic E-state index is -0.946. The molecule has 2 aliphatic heterocycles. The highest BCUT2D eigenvalue weighted by Crippen LogP contribution is 2.51. The van der Waals surface area contributed by atoms with Crippen molar-refractivity contribution in [3.05, 3.63) is 0 Å². The van der Waals surface area contributed by atoms with Gasteiger partial charge in [0.25, 0.3) is 5.91 Å². The van der Waals surface area contributed by atoms with Gasteiger partial charge >= 0.3 is 5.97 Å². The zero-order chi connectivity index (χ0) is 11.4. The third-order valence-corrected chi connectivity index (χ3v) is 4.43. The summed E-state index contributed by atoms with van der Waals surface area (Å²) in [5, 5.41) is 8.96. The second-order valence-corrected chi connectivity index (χ2v) is 6.03. The molecule has 0 radical (unpaired) electrons. The van der Waals surface area contributed by atoms with Gasteiger partial charge in [-0.05, 0) is 13.8 Å². The Bertz CT molecular complexity index is 330. The Hall–Kier alpha value is -0.750. The molecule has 3 atom stereocenters. The maximum atomic E-state index is 11.6. The molecule has 2 saturated heterocycles. The quantitative estimate of drug-likeness (QED) is 0.685. The fourth-order valence-electron chi connectivity index (χ4n) is 2.19. The lowest BCUT2D eigenvalue weighted by molar-refractivity contribution is -0.172. The Morgan fingerprint density at radius 3 is 2.67 bits per heavy atom. The Kier molecular flexibility index (Phi) is 2.24. The number of thioether (sulfide) groups is 1. The highest BCUT2D eigenvalue weighted by atomic mass is 32.2. The van der Waals surface area contributed by atoms with Crippen LogP contribution in [0.15, 0.2) is 0 Å². The Morgan fingerprint density at radius 1 is 1.60 bits per heavy atom. The molecule has 5 nitrogen and oxygen atoms in total. The fourth-order valence-corrected chi connectivity index (χ4v) is 3.85. The van der Waals surface area contributed by atoms with Gasteiger partial charge in [-0.25, -0.2) is 4.79 Å². The van der Waals surface area contributed by atoms with Gasteiger partial charge in [-0.15, -0.1) is 11.8 Å². The summed E-state index contributed by atoms with van der Waals surface area (Å²) < 4.78 is 4.57. The molecule has 2 heterocycles. The summed E-state index contributed by atoms with van der Waals surface area (Å²) in [5.74, 6) is -1.16. The zero-order valence-electron chi connectivity index (χ0n) is 8.76. The number of ether oxygens (including phenoxy) is 1. The number of hydrogen-bond acceptors (Lipinski definition) is 4. The van der Waals surface area contributed by atoms with E-state index in [0.717, 1.165) is 0 Å². The summed E-state index contributed by atoms with van der Waals surface area (Å²) in [7, 11) is 1.47. The summed E-state index contributed by atoms with van der Waals surface area (Å²) in [6.45, 7) is 3.68. The van der Waals surface area contributed by atoms with Crippen LogP contribution >= 0.6 is 11.8 Å². The first-order valence-corrected chi connectivity index (χ1v) is 5.53. The number of carboxylic acid groups (broad SMARTS) is 1. The fraction of sp³-hybridized carbons (Fsp3) is 0.778. The van der Waals surface area contributed by atoms with Crippen molar-refractivity contribution < 1.29 is 19.4 Å². The van der Waals surface area contributed by atoms with Crippen LogP contribution in [0.1, 0.15) is 13.8 Å². The van der Waals surface area contributed by atoms with Crippen molar-refractivity contribution in [3.8, 4) is 0 Å². The lowest BCUT2D eigenvalue weighted by Crippen LogP contribution is -2.66. The highest BCUT2D eigenvalue weighted by molar-refractivity contribution is 8.01. The molecule has 0 saturated carbocycles. The predicted molar refractivity (Wildman–Crippen MR) is 54.5 cm³/mol. The van der Waals surface area contributed by atoms with Gasteiger partial charge in [0.15, 0.2) is 6.10 Å². The topological polar surface area (TPSA) is 66.8 Å². The van der Waals surface area contributed by atoms with E-state index in [4.69, 9.17) is 9.84 Å². The zero-order valence-corrected chi connectivity index (χ0v) is 9.58. The Morgan fingerprint density at radius 2 is 2.20 bits per heavy atom. The second kappa shape index (κ2) is 3.12. The van der Waals surface area contributed by atoms with E-state index in [1.807, 2.05) is 13.8 Å². The Labute approximate surface area is 91.8 Å². The normalized spacial score (nSPS) is 37.4. The minimum Gasteiger partial charge on any atom is -0.480 e. The van der Waals surface area contributed by atoms with Crippen LogP contribution in [0, 0.1) is 0 Å². The third kappa shape index (κ3) is 1.28. The summed E-state index contributed by atoms with van der Waals surface area (Å²) in [5.41, 5.74) is 0. The lowest BCUT2D eigenvalue weighted by atomic mass is 9.97. The first-order valence-electron chi connectivity index (χ1n) is 4.65. The van der Waals surface area contributed by atoms with E-state index in [2.05, 4.69) is 0 Å². The number of rotatable bonds is 2. The molecule has 2 fully saturated rings. The minimum absolute atomic E-state index is 0.140. The molecule has 2 rings (SSSR count). The molecule has 1 amide bonds. The summed E-state index contributed by atoms with van der Waals surface area (Å²) in [6, 6.07) is -0.744. The van der Waals surface area contributed by atoms with Gasteiger partial charge in [0.1, 0.15) is 11.4 Å². The van der Waals surface area contributed by atoms with Gasteiger partial charge in [0, 0.05) is 11.9 Å². The van der Waals surface area contributed by atoms with Gasteiger partial charge in [-0.3, -0.25) is 4.79 Å². The number of amides is 1. The summed E-state index contributed by atoms with van der Waals surface area (Å²) in [4.78, 5) is 24.1. The van der Waals surface area contributed by atoms with Crippen molar-refractivity contribution in [2.45, 2.75) is 36.1 Å². The maximum Gasteiger partial charge on any atom is 0.327 e. The molecule has 2 aliphatic rings. The third-order valence-electron chi connectivity index (χ3n) is 2.88.